The van der Waals surface area contributed by atoms with Gasteiger partial charge in [-0.15, -0.1) is 0 Å². The summed E-state index contributed by atoms with van der Waals surface area (Å²) in [5.41, 5.74) is 0. The summed E-state index contributed by atoms with van der Waals surface area (Å²) in [5.74, 6) is 2.30. The summed E-state index contributed by atoms with van der Waals surface area (Å²) < 4.78 is 0. The van der Waals surface area contributed by atoms with Crippen molar-refractivity contribution < 1.29 is 14.4 Å². The van der Waals surface area contributed by atoms with Crippen LogP contribution in [0.15, 0.2) is 0 Å². The first-order valence-corrected chi connectivity index (χ1v) is 13.2. The predicted molar refractivity (Wildman–Crippen MR) is 134 cm³/mol. The van der Waals surface area contributed by atoms with E-state index in [9.17, 15) is 14.4 Å². The van der Waals surface area contributed by atoms with Crippen LogP contribution in [0.4, 0.5) is 0 Å². The third kappa shape index (κ3) is 6.94. The molecule has 5 fully saturated rings. The third-order valence-corrected chi connectivity index (χ3v) is 8.28. The van der Waals surface area contributed by atoms with Gasteiger partial charge in [-0.25, -0.2) is 0 Å². The van der Waals surface area contributed by atoms with E-state index in [0.717, 1.165) is 51.1 Å². The van der Waals surface area contributed by atoms with Crippen molar-refractivity contribution in [1.82, 2.24) is 24.5 Å². The highest BCUT2D eigenvalue weighted by atomic mass is 16.2. The Morgan fingerprint density at radius 3 is 1.74 bits per heavy atom. The van der Waals surface area contributed by atoms with E-state index in [1.807, 2.05) is 9.80 Å². The molecule has 4 atom stereocenters. The van der Waals surface area contributed by atoms with Gasteiger partial charge < -0.3 is 24.5 Å². The summed E-state index contributed by atoms with van der Waals surface area (Å²) in [7, 11) is 4.22. The molecule has 8 heteroatoms. The maximum Gasteiger partial charge on any atom is 0.219 e. The van der Waals surface area contributed by atoms with Crippen LogP contribution in [0.25, 0.3) is 0 Å². The van der Waals surface area contributed by atoms with Crippen molar-refractivity contribution in [1.29, 1.82) is 0 Å². The highest BCUT2D eigenvalue weighted by Gasteiger charge is 2.40. The summed E-state index contributed by atoms with van der Waals surface area (Å²) in [4.78, 5) is 43.9. The van der Waals surface area contributed by atoms with E-state index >= 15 is 0 Å². The van der Waals surface area contributed by atoms with Crippen LogP contribution in [0.1, 0.15) is 59.8 Å². The number of amides is 3. The van der Waals surface area contributed by atoms with E-state index in [1.54, 1.807) is 20.8 Å². The number of fused-ring (bicyclic) bond motifs is 4. The molecule has 0 aliphatic carbocycles. The van der Waals surface area contributed by atoms with Crippen LogP contribution in [0, 0.1) is 11.8 Å². The summed E-state index contributed by atoms with van der Waals surface area (Å²) in [6, 6.07) is 1.67. The van der Waals surface area contributed by atoms with Crippen LogP contribution in [0.3, 0.4) is 0 Å². The number of likely N-dealkylation sites (N-methyl/N-ethyl adjacent to an activating group) is 2. The van der Waals surface area contributed by atoms with Crippen molar-refractivity contribution in [3.63, 3.8) is 0 Å². The molecule has 34 heavy (non-hydrogen) atoms. The second-order valence-corrected chi connectivity index (χ2v) is 11.3. The highest BCUT2D eigenvalue weighted by molar-refractivity contribution is 5.75. The SMILES string of the molecule is CC(=O)N1C2CCC1CC(C)C2.CC(=O)N1CC2CC1CN(C)C2.CC(=O)N1CCN(C)CC1. The lowest BCUT2D eigenvalue weighted by Crippen LogP contribution is -2.46. The fraction of sp³-hybridized carbons (Fsp3) is 0.885. The molecule has 0 saturated carbocycles. The zero-order valence-electron chi connectivity index (χ0n) is 22.3. The third-order valence-electron chi connectivity index (χ3n) is 8.28. The summed E-state index contributed by atoms with van der Waals surface area (Å²) >= 11 is 0. The quantitative estimate of drug-likeness (QED) is 0.532. The minimum absolute atomic E-state index is 0.202. The largest absolute Gasteiger partial charge is 0.340 e. The van der Waals surface area contributed by atoms with Crippen LogP contribution in [-0.4, -0.2) is 120 Å². The smallest absolute Gasteiger partial charge is 0.219 e. The molecule has 3 amide bonds. The Morgan fingerprint density at radius 1 is 0.647 bits per heavy atom. The molecule has 5 aliphatic heterocycles. The number of carbonyl (C=O) groups excluding carboxylic acids is 3. The maximum atomic E-state index is 11.3. The van der Waals surface area contributed by atoms with Gasteiger partial charge >= 0.3 is 0 Å². The summed E-state index contributed by atoms with van der Waals surface area (Å²) in [5, 5.41) is 0. The number of hydrogen-bond acceptors (Lipinski definition) is 5. The lowest BCUT2D eigenvalue weighted by molar-refractivity contribution is -0.134. The Labute approximate surface area is 206 Å². The van der Waals surface area contributed by atoms with Gasteiger partial charge in [-0.2, -0.15) is 0 Å². The molecule has 4 bridgehead atoms. The maximum absolute atomic E-state index is 11.3. The van der Waals surface area contributed by atoms with Crippen molar-refractivity contribution >= 4 is 17.7 Å². The number of carbonyl (C=O) groups is 3. The second-order valence-electron chi connectivity index (χ2n) is 11.3. The molecule has 0 radical (unpaired) electrons. The van der Waals surface area contributed by atoms with Crippen LogP contribution >= 0.6 is 0 Å². The molecule has 194 valence electrons. The Bertz CT molecular complexity index is 704. The van der Waals surface area contributed by atoms with E-state index in [2.05, 4.69) is 35.7 Å². The van der Waals surface area contributed by atoms with E-state index in [-0.39, 0.29) is 17.7 Å². The molecule has 0 spiro atoms. The molecule has 0 N–H and O–H groups in total. The van der Waals surface area contributed by atoms with Gasteiger partial charge in [0.25, 0.3) is 0 Å². The predicted octanol–water partition coefficient (Wildman–Crippen LogP) is 1.74. The fourth-order valence-corrected chi connectivity index (χ4v) is 6.66. The Balaban J connectivity index is 0.000000144. The molecule has 5 heterocycles. The highest BCUT2D eigenvalue weighted by Crippen LogP contribution is 2.38. The molecule has 0 aromatic heterocycles. The van der Waals surface area contributed by atoms with Gasteiger partial charge in [0, 0.05) is 84.7 Å². The van der Waals surface area contributed by atoms with Gasteiger partial charge in [0.2, 0.25) is 17.7 Å². The summed E-state index contributed by atoms with van der Waals surface area (Å²) in [6.45, 7) is 14.4. The van der Waals surface area contributed by atoms with Gasteiger partial charge in [0.1, 0.15) is 0 Å². The topological polar surface area (TPSA) is 67.4 Å². The number of likely N-dealkylation sites (tertiary alicyclic amines) is 2. The molecule has 0 aromatic rings. The number of nitrogens with zero attached hydrogens (tertiary/aromatic N) is 5. The Morgan fingerprint density at radius 2 is 1.24 bits per heavy atom. The molecule has 5 rings (SSSR count). The normalized spacial score (nSPS) is 33.0. The molecule has 5 saturated heterocycles. The number of piperidine rings is 2. The monoisotopic (exact) mass is 477 g/mol. The first kappa shape index (κ1) is 26.9. The zero-order chi connectivity index (χ0) is 25.0. The average molecular weight is 478 g/mol. The van der Waals surface area contributed by atoms with E-state index in [1.165, 1.54) is 38.6 Å². The molecular formula is C26H47N5O3. The van der Waals surface area contributed by atoms with Gasteiger partial charge in [-0.05, 0) is 58.0 Å². The summed E-state index contributed by atoms with van der Waals surface area (Å²) in [6.07, 6.45) is 6.18. The van der Waals surface area contributed by atoms with Crippen LogP contribution in [0.5, 0.6) is 0 Å². The first-order chi connectivity index (χ1) is 16.0. The van der Waals surface area contributed by atoms with Gasteiger partial charge in [-0.1, -0.05) is 6.92 Å². The van der Waals surface area contributed by atoms with E-state index in [0.29, 0.717) is 18.1 Å². The average Bonchev–Trinajstić information content (AvgIpc) is 3.22. The Hall–Kier alpha value is -1.67. The van der Waals surface area contributed by atoms with E-state index < -0.39 is 0 Å². The van der Waals surface area contributed by atoms with Crippen LogP contribution < -0.4 is 0 Å². The standard InChI is InChI=1S/C10H17NO.C9H16N2O.C7H14N2O/c1-7-5-9-3-4-10(6-7)11(9)8(2)12;1-7(12)11-5-8-3-9(11)6-10(2)4-8;1-7(10)9-5-3-8(2)4-6-9/h7,9-10H,3-6H2,1-2H3;8-9H,3-6H2,1-2H3;3-6H2,1-2H3. The van der Waals surface area contributed by atoms with Crippen LogP contribution in [-0.2, 0) is 14.4 Å². The molecule has 4 unspecified atom stereocenters. The lowest BCUT2D eigenvalue weighted by Gasteiger charge is -2.37. The molecular weight excluding hydrogens is 430 g/mol. The minimum Gasteiger partial charge on any atom is -0.340 e. The van der Waals surface area contributed by atoms with Crippen molar-refractivity contribution in [2.24, 2.45) is 11.8 Å². The molecule has 8 nitrogen and oxygen atoms in total. The van der Waals surface area contributed by atoms with Crippen LogP contribution in [0.2, 0.25) is 0 Å². The van der Waals surface area contributed by atoms with Crippen molar-refractivity contribution in [2.75, 3.05) is 59.9 Å². The Kier molecular flexibility index (Phi) is 9.38. The first-order valence-electron chi connectivity index (χ1n) is 13.2. The number of rotatable bonds is 0. The number of piperazine rings is 1. The van der Waals surface area contributed by atoms with Crippen molar-refractivity contribution in [3.05, 3.63) is 0 Å². The fourth-order valence-electron chi connectivity index (χ4n) is 6.66. The van der Waals surface area contributed by atoms with E-state index in [4.69, 9.17) is 0 Å². The van der Waals surface area contributed by atoms with Crippen molar-refractivity contribution in [2.45, 2.75) is 77.9 Å². The van der Waals surface area contributed by atoms with Crippen molar-refractivity contribution in [3.8, 4) is 0 Å². The second kappa shape index (κ2) is 11.8. The zero-order valence-corrected chi connectivity index (χ0v) is 22.3. The van der Waals surface area contributed by atoms with Gasteiger partial charge in [0.15, 0.2) is 0 Å². The minimum atomic E-state index is 0.202. The lowest BCUT2D eigenvalue weighted by atomic mass is 9.92. The van der Waals surface area contributed by atoms with Gasteiger partial charge in [0.05, 0.1) is 0 Å². The van der Waals surface area contributed by atoms with Gasteiger partial charge in [-0.3, -0.25) is 14.4 Å². The molecule has 5 aliphatic rings. The number of hydrogen-bond donors (Lipinski definition) is 0. The molecule has 0 aromatic carbocycles.